The average molecular weight is 223 g/mol. The van der Waals surface area contributed by atoms with Gasteiger partial charge in [-0.05, 0) is 38.0 Å². The molecule has 0 radical (unpaired) electrons. The summed E-state index contributed by atoms with van der Waals surface area (Å²) in [6.07, 6.45) is 0.936. The molecule has 0 saturated heterocycles. The van der Waals surface area contributed by atoms with Gasteiger partial charge in [0.25, 0.3) is 0 Å². The fourth-order valence-corrected chi connectivity index (χ4v) is 1.62. The van der Waals surface area contributed by atoms with Crippen LogP contribution in [-0.2, 0) is 11.2 Å². The molecule has 3 nitrogen and oxygen atoms in total. The highest BCUT2D eigenvalue weighted by molar-refractivity contribution is 5.29. The van der Waals surface area contributed by atoms with E-state index in [0.29, 0.717) is 6.61 Å². The van der Waals surface area contributed by atoms with Crippen molar-refractivity contribution in [3.8, 4) is 5.75 Å². The molecule has 0 fully saturated rings. The van der Waals surface area contributed by atoms with Gasteiger partial charge in [0.2, 0.25) is 0 Å². The van der Waals surface area contributed by atoms with E-state index in [1.165, 1.54) is 5.56 Å². The molecule has 0 spiro atoms. The number of nitrogens with two attached hydrogens (primary N) is 1. The molecule has 0 heterocycles. The predicted octanol–water partition coefficient (Wildman–Crippen LogP) is 1.99. The molecule has 0 aromatic heterocycles. The number of hydrogen-bond acceptors (Lipinski definition) is 3. The molecular weight excluding hydrogens is 202 g/mol. The minimum Gasteiger partial charge on any atom is -0.488 e. The third-order valence-corrected chi connectivity index (χ3v) is 2.19. The van der Waals surface area contributed by atoms with Gasteiger partial charge >= 0.3 is 0 Å². The summed E-state index contributed by atoms with van der Waals surface area (Å²) in [5, 5.41) is 0. The first-order valence-electron chi connectivity index (χ1n) is 5.62. The second kappa shape index (κ2) is 6.51. The third-order valence-electron chi connectivity index (χ3n) is 2.19. The van der Waals surface area contributed by atoms with Gasteiger partial charge in [-0.15, -0.1) is 0 Å². The molecule has 0 aliphatic heterocycles. The first-order valence-corrected chi connectivity index (χ1v) is 5.62. The second-order valence-corrected chi connectivity index (χ2v) is 4.21. The van der Waals surface area contributed by atoms with E-state index in [2.05, 4.69) is 6.07 Å². The molecule has 0 saturated carbocycles. The van der Waals surface area contributed by atoms with Crippen molar-refractivity contribution in [1.29, 1.82) is 0 Å². The summed E-state index contributed by atoms with van der Waals surface area (Å²) >= 11 is 0. The standard InChI is InChI=1S/C13H21NO2/c1-10(14)7-12-5-4-6-13(8-12)16-11(2)9-15-3/h4-6,8,10-11H,7,9,14H2,1-3H3. The Balaban J connectivity index is 2.59. The van der Waals surface area contributed by atoms with Gasteiger partial charge in [-0.1, -0.05) is 12.1 Å². The van der Waals surface area contributed by atoms with Crippen molar-refractivity contribution in [2.24, 2.45) is 5.73 Å². The molecule has 0 aliphatic carbocycles. The average Bonchev–Trinajstić information content (AvgIpc) is 2.17. The van der Waals surface area contributed by atoms with Crippen LogP contribution in [0.1, 0.15) is 19.4 Å². The van der Waals surface area contributed by atoms with Gasteiger partial charge in [-0.2, -0.15) is 0 Å². The van der Waals surface area contributed by atoms with Gasteiger partial charge in [0.1, 0.15) is 11.9 Å². The van der Waals surface area contributed by atoms with Crippen molar-refractivity contribution in [2.45, 2.75) is 32.4 Å². The van der Waals surface area contributed by atoms with Crippen molar-refractivity contribution in [3.05, 3.63) is 29.8 Å². The van der Waals surface area contributed by atoms with Crippen molar-refractivity contribution >= 4 is 0 Å². The minimum atomic E-state index is 0.0653. The number of ether oxygens (including phenoxy) is 2. The Hall–Kier alpha value is -1.06. The summed E-state index contributed by atoms with van der Waals surface area (Å²) < 4.78 is 10.7. The van der Waals surface area contributed by atoms with Crippen molar-refractivity contribution in [1.82, 2.24) is 0 Å². The van der Waals surface area contributed by atoms with Crippen LogP contribution in [0, 0.1) is 0 Å². The van der Waals surface area contributed by atoms with Crippen LogP contribution in [0.3, 0.4) is 0 Å². The molecule has 16 heavy (non-hydrogen) atoms. The van der Waals surface area contributed by atoms with Crippen molar-refractivity contribution < 1.29 is 9.47 Å². The van der Waals surface area contributed by atoms with Crippen LogP contribution in [0.25, 0.3) is 0 Å². The maximum Gasteiger partial charge on any atom is 0.120 e. The van der Waals surface area contributed by atoms with E-state index in [0.717, 1.165) is 12.2 Å². The van der Waals surface area contributed by atoms with Crippen LogP contribution < -0.4 is 10.5 Å². The van der Waals surface area contributed by atoms with Gasteiger partial charge in [0, 0.05) is 13.2 Å². The van der Waals surface area contributed by atoms with Crippen LogP contribution in [0.15, 0.2) is 24.3 Å². The molecule has 3 heteroatoms. The number of hydrogen-bond donors (Lipinski definition) is 1. The minimum absolute atomic E-state index is 0.0653. The van der Waals surface area contributed by atoms with Crippen LogP contribution in [-0.4, -0.2) is 25.9 Å². The lowest BCUT2D eigenvalue weighted by molar-refractivity contribution is 0.0920. The van der Waals surface area contributed by atoms with E-state index >= 15 is 0 Å². The zero-order valence-corrected chi connectivity index (χ0v) is 10.3. The van der Waals surface area contributed by atoms with Gasteiger partial charge in [0.05, 0.1) is 6.61 Å². The molecule has 2 N–H and O–H groups in total. The Labute approximate surface area is 97.6 Å². The van der Waals surface area contributed by atoms with Crippen LogP contribution >= 0.6 is 0 Å². The van der Waals surface area contributed by atoms with E-state index in [1.807, 2.05) is 32.0 Å². The molecule has 90 valence electrons. The lowest BCUT2D eigenvalue weighted by atomic mass is 10.1. The van der Waals surface area contributed by atoms with Gasteiger partial charge in [-0.25, -0.2) is 0 Å². The van der Waals surface area contributed by atoms with E-state index in [1.54, 1.807) is 7.11 Å². The highest BCUT2D eigenvalue weighted by Gasteiger charge is 2.04. The Kier molecular flexibility index (Phi) is 5.29. The van der Waals surface area contributed by atoms with Crippen molar-refractivity contribution in [2.75, 3.05) is 13.7 Å². The van der Waals surface area contributed by atoms with E-state index in [-0.39, 0.29) is 12.1 Å². The van der Waals surface area contributed by atoms with Crippen LogP contribution in [0.2, 0.25) is 0 Å². The molecule has 2 atom stereocenters. The lowest BCUT2D eigenvalue weighted by Gasteiger charge is -2.14. The molecular formula is C13H21NO2. The third kappa shape index (κ3) is 4.64. The normalized spacial score (nSPS) is 14.5. The molecule has 1 rings (SSSR count). The number of benzene rings is 1. The fourth-order valence-electron chi connectivity index (χ4n) is 1.62. The summed E-state index contributed by atoms with van der Waals surface area (Å²) in [4.78, 5) is 0. The predicted molar refractivity (Wildman–Crippen MR) is 65.8 cm³/mol. The molecule has 0 bridgehead atoms. The Morgan fingerprint density at radius 1 is 1.31 bits per heavy atom. The van der Waals surface area contributed by atoms with E-state index in [9.17, 15) is 0 Å². The Bertz CT molecular complexity index is 313. The summed E-state index contributed by atoms with van der Waals surface area (Å²) in [6, 6.07) is 8.22. The summed E-state index contributed by atoms with van der Waals surface area (Å²) in [6.45, 7) is 4.58. The SMILES string of the molecule is COCC(C)Oc1cccc(CC(C)N)c1. The maximum absolute atomic E-state index is 5.76. The first-order chi connectivity index (χ1) is 7.61. The van der Waals surface area contributed by atoms with Crippen LogP contribution in [0.5, 0.6) is 5.75 Å². The highest BCUT2D eigenvalue weighted by Crippen LogP contribution is 2.16. The maximum atomic E-state index is 5.76. The Morgan fingerprint density at radius 3 is 2.69 bits per heavy atom. The molecule has 0 amide bonds. The quantitative estimate of drug-likeness (QED) is 0.802. The molecule has 2 unspecified atom stereocenters. The zero-order valence-electron chi connectivity index (χ0n) is 10.3. The van der Waals surface area contributed by atoms with E-state index < -0.39 is 0 Å². The summed E-state index contributed by atoms with van der Waals surface area (Å²) in [7, 11) is 1.67. The first kappa shape index (κ1) is 13.0. The number of rotatable bonds is 6. The lowest BCUT2D eigenvalue weighted by Crippen LogP contribution is -2.19. The summed E-state index contributed by atoms with van der Waals surface area (Å²) in [5.41, 5.74) is 6.97. The van der Waals surface area contributed by atoms with Crippen molar-refractivity contribution in [3.63, 3.8) is 0 Å². The Morgan fingerprint density at radius 2 is 2.06 bits per heavy atom. The number of methoxy groups -OCH3 is 1. The topological polar surface area (TPSA) is 44.5 Å². The second-order valence-electron chi connectivity index (χ2n) is 4.21. The largest absolute Gasteiger partial charge is 0.488 e. The monoisotopic (exact) mass is 223 g/mol. The molecule has 1 aromatic rings. The zero-order chi connectivity index (χ0) is 12.0. The molecule has 0 aliphatic rings. The van der Waals surface area contributed by atoms with Crippen LogP contribution in [0.4, 0.5) is 0 Å². The van der Waals surface area contributed by atoms with Gasteiger partial charge in [-0.3, -0.25) is 0 Å². The van der Waals surface area contributed by atoms with Gasteiger partial charge in [0.15, 0.2) is 0 Å². The van der Waals surface area contributed by atoms with E-state index in [4.69, 9.17) is 15.2 Å². The molecule has 1 aromatic carbocycles. The fraction of sp³-hybridized carbons (Fsp3) is 0.538. The highest BCUT2D eigenvalue weighted by atomic mass is 16.5. The smallest absolute Gasteiger partial charge is 0.120 e. The van der Waals surface area contributed by atoms with Gasteiger partial charge < -0.3 is 15.2 Å². The summed E-state index contributed by atoms with van der Waals surface area (Å²) in [5.74, 6) is 0.878.